The molecule has 3 saturated heterocycles. The molecule has 290 valence electrons. The highest BCUT2D eigenvalue weighted by atomic mass is 16.9. The van der Waals surface area contributed by atoms with Gasteiger partial charge in [-0.2, -0.15) is 0 Å². The molecule has 1 aromatic rings. The van der Waals surface area contributed by atoms with Crippen LogP contribution in [-0.4, -0.2) is 88.8 Å². The average Bonchev–Trinajstić information content (AvgIpc) is 3.78. The fourth-order valence-electron chi connectivity index (χ4n) is 12.9. The summed E-state index contributed by atoms with van der Waals surface area (Å²) < 4.78 is 57.1. The van der Waals surface area contributed by atoms with Crippen LogP contribution in [0.5, 0.6) is 0 Å². The van der Waals surface area contributed by atoms with Crippen LogP contribution in [0.25, 0.3) is 0 Å². The van der Waals surface area contributed by atoms with Crippen LogP contribution in [0.15, 0.2) is 23.0 Å². The van der Waals surface area contributed by atoms with E-state index < -0.39 is 117 Å². The van der Waals surface area contributed by atoms with E-state index in [2.05, 4.69) is 0 Å². The molecule has 0 aromatic carbocycles. The summed E-state index contributed by atoms with van der Waals surface area (Å²) >= 11 is 0. The van der Waals surface area contributed by atoms with Crippen LogP contribution in [0.4, 0.5) is 0 Å². The van der Waals surface area contributed by atoms with Crippen LogP contribution in [0.2, 0.25) is 0 Å². The first-order valence-electron chi connectivity index (χ1n) is 18.4. The standard InChI is InChI=1S/C38H48O15/c1-10-24(40)49-30-37(44)29(50-28(43)18(2)3)31(5)17-36(37)33(7,21(31)13-25(41)45-9)35-15-23(47-19(4)39)32(6)22(38(30,35)53-34(8,51-35)52-36)14-26(42)48-27(32)20-11-12-46-16-20/h11-12,16,18,21-23,27,29-30,44H,10,13-15,17H2,1-9H3/t21-,22+,23-,27-,29-,30+,31+,32-,33-,34?,35-,36?,37-,38+/m0/s1. The summed E-state index contributed by atoms with van der Waals surface area (Å²) in [4.78, 5) is 68.0. The summed E-state index contributed by atoms with van der Waals surface area (Å²) in [5, 5.41) is 13.9. The van der Waals surface area contributed by atoms with Gasteiger partial charge in [0.05, 0.1) is 37.4 Å². The lowest BCUT2D eigenvalue weighted by molar-refractivity contribution is -0.480. The third-order valence-electron chi connectivity index (χ3n) is 14.6. The maximum atomic E-state index is 14.0. The molecule has 4 saturated carbocycles. The lowest BCUT2D eigenvalue weighted by Crippen LogP contribution is -2.94. The molecule has 8 rings (SSSR count). The molecule has 3 aliphatic heterocycles. The Morgan fingerprint density at radius 2 is 1.68 bits per heavy atom. The first-order chi connectivity index (χ1) is 24.7. The Morgan fingerprint density at radius 1 is 0.981 bits per heavy atom. The van der Waals surface area contributed by atoms with E-state index in [0.29, 0.717) is 5.56 Å². The Kier molecular flexibility index (Phi) is 7.44. The second-order valence-corrected chi connectivity index (χ2v) is 17.2. The van der Waals surface area contributed by atoms with Gasteiger partial charge in [0, 0.05) is 55.4 Å². The molecule has 0 amide bonds. The van der Waals surface area contributed by atoms with Gasteiger partial charge in [0.15, 0.2) is 11.7 Å². The van der Waals surface area contributed by atoms with Gasteiger partial charge in [0.1, 0.15) is 35.1 Å². The number of cyclic esters (lactones) is 1. The van der Waals surface area contributed by atoms with E-state index in [9.17, 15) is 29.1 Å². The van der Waals surface area contributed by atoms with Crippen LogP contribution in [-0.2, 0) is 61.9 Å². The maximum Gasteiger partial charge on any atom is 0.308 e. The van der Waals surface area contributed by atoms with Gasteiger partial charge in [-0.3, -0.25) is 24.0 Å². The van der Waals surface area contributed by atoms with Gasteiger partial charge in [-0.05, 0) is 18.4 Å². The molecule has 15 heteroatoms. The quantitative estimate of drug-likeness (QED) is 0.300. The Bertz CT molecular complexity index is 1790. The molecule has 14 atom stereocenters. The minimum atomic E-state index is -2.33. The van der Waals surface area contributed by atoms with Crippen molar-refractivity contribution in [2.24, 2.45) is 34.0 Å². The van der Waals surface area contributed by atoms with Gasteiger partial charge < -0.3 is 47.4 Å². The minimum Gasteiger partial charge on any atom is -0.472 e. The van der Waals surface area contributed by atoms with E-state index in [-0.39, 0.29) is 32.1 Å². The number of furan rings is 1. The zero-order valence-electron chi connectivity index (χ0n) is 31.5. The summed E-state index contributed by atoms with van der Waals surface area (Å²) in [6.07, 6.45) is -3.06. The number of carbonyl (C=O) groups excluding carboxylic acids is 5. The number of carbonyl (C=O) groups is 5. The van der Waals surface area contributed by atoms with Crippen LogP contribution in [0.1, 0.15) is 99.2 Å². The lowest BCUT2D eigenvalue weighted by Gasteiger charge is -2.77. The van der Waals surface area contributed by atoms with E-state index in [1.54, 1.807) is 40.7 Å². The van der Waals surface area contributed by atoms with Crippen molar-refractivity contribution in [3.05, 3.63) is 24.2 Å². The Labute approximate surface area is 306 Å². The average molecular weight is 745 g/mol. The molecule has 7 fully saturated rings. The number of hydrogen-bond acceptors (Lipinski definition) is 15. The Morgan fingerprint density at radius 3 is 2.28 bits per heavy atom. The molecule has 2 spiro atoms. The fraction of sp³-hybridized carbons (Fsp3) is 0.763. The van der Waals surface area contributed by atoms with Crippen molar-refractivity contribution < 1.29 is 71.4 Å². The summed E-state index contributed by atoms with van der Waals surface area (Å²) in [6.45, 7) is 13.2. The van der Waals surface area contributed by atoms with E-state index >= 15 is 0 Å². The zero-order valence-corrected chi connectivity index (χ0v) is 31.5. The van der Waals surface area contributed by atoms with E-state index in [1.165, 1.54) is 26.6 Å². The number of hydrogen-bond donors (Lipinski definition) is 1. The highest BCUT2D eigenvalue weighted by Crippen LogP contribution is 2.89. The first kappa shape index (κ1) is 36.4. The molecule has 53 heavy (non-hydrogen) atoms. The maximum absolute atomic E-state index is 14.0. The van der Waals surface area contributed by atoms with Crippen molar-refractivity contribution in [1.29, 1.82) is 0 Å². The molecule has 4 bridgehead atoms. The summed E-state index contributed by atoms with van der Waals surface area (Å²) in [6, 6.07) is 1.64. The SMILES string of the molecule is CCC(=O)O[C@@H]1[C@@]2(O)[C@@H](OC(=O)C(C)C)[C@]3(C)CC24OC2(C)O[C@]15[C@@H]1CC(=O)O[C@@H](c6ccoc6)[C@]1(C)[C@@H](OC(C)=O)C[C@]5(O2)[C@]4(C)[C@H]3CC(=O)OC. The van der Waals surface area contributed by atoms with Gasteiger partial charge in [0.25, 0.3) is 5.97 Å². The van der Waals surface area contributed by atoms with Crippen molar-refractivity contribution in [2.45, 2.75) is 140 Å². The van der Waals surface area contributed by atoms with E-state index in [0.717, 1.165) is 0 Å². The smallest absolute Gasteiger partial charge is 0.308 e. The second-order valence-electron chi connectivity index (χ2n) is 17.2. The van der Waals surface area contributed by atoms with E-state index in [1.807, 2.05) is 13.8 Å². The normalized spacial score (nSPS) is 49.5. The van der Waals surface area contributed by atoms with Gasteiger partial charge in [-0.25, -0.2) is 0 Å². The Hall–Kier alpha value is -3.53. The first-order valence-corrected chi connectivity index (χ1v) is 18.4. The molecule has 0 radical (unpaired) electrons. The Balaban J connectivity index is 1.49. The van der Waals surface area contributed by atoms with Crippen molar-refractivity contribution >= 4 is 29.8 Å². The third kappa shape index (κ3) is 3.87. The fourth-order valence-corrected chi connectivity index (χ4v) is 12.9. The number of aliphatic hydroxyl groups is 1. The predicted molar refractivity (Wildman–Crippen MR) is 175 cm³/mol. The number of ether oxygens (including phenoxy) is 8. The van der Waals surface area contributed by atoms with E-state index in [4.69, 9.17) is 42.3 Å². The van der Waals surface area contributed by atoms with Gasteiger partial charge >= 0.3 is 29.8 Å². The number of rotatable bonds is 8. The van der Waals surface area contributed by atoms with Crippen LogP contribution < -0.4 is 0 Å². The van der Waals surface area contributed by atoms with Gasteiger partial charge in [-0.1, -0.05) is 41.5 Å². The predicted octanol–water partition coefficient (Wildman–Crippen LogP) is 3.44. The number of methoxy groups -OCH3 is 1. The molecule has 1 aromatic heterocycles. The minimum absolute atomic E-state index is 0.0326. The van der Waals surface area contributed by atoms with Crippen molar-refractivity contribution in [3.63, 3.8) is 0 Å². The zero-order chi connectivity index (χ0) is 38.5. The largest absolute Gasteiger partial charge is 0.472 e. The summed E-state index contributed by atoms with van der Waals surface area (Å²) in [5.74, 6) is -7.57. The van der Waals surface area contributed by atoms with Crippen molar-refractivity contribution in [3.8, 4) is 0 Å². The monoisotopic (exact) mass is 744 g/mol. The van der Waals surface area contributed by atoms with Crippen LogP contribution >= 0.6 is 0 Å². The molecule has 4 aliphatic carbocycles. The summed E-state index contributed by atoms with van der Waals surface area (Å²) in [5.41, 5.74) is -11.2. The topological polar surface area (TPSA) is 193 Å². The molecule has 15 nitrogen and oxygen atoms in total. The number of esters is 5. The molecule has 4 heterocycles. The van der Waals surface area contributed by atoms with Crippen LogP contribution in [0.3, 0.4) is 0 Å². The number of fused-ring (bicyclic) bond motifs is 3. The molecular formula is C38H48O15. The third-order valence-corrected chi connectivity index (χ3v) is 14.6. The van der Waals surface area contributed by atoms with Gasteiger partial charge in [-0.15, -0.1) is 0 Å². The molecular weight excluding hydrogens is 696 g/mol. The molecule has 7 aliphatic rings. The molecule has 1 N–H and O–H groups in total. The van der Waals surface area contributed by atoms with Crippen molar-refractivity contribution in [2.75, 3.05) is 7.11 Å². The highest BCUT2D eigenvalue weighted by Gasteiger charge is 3.04. The van der Waals surface area contributed by atoms with Crippen LogP contribution in [0, 0.1) is 34.0 Å². The molecule has 2 unspecified atom stereocenters. The second kappa shape index (κ2) is 10.8. The summed E-state index contributed by atoms with van der Waals surface area (Å²) in [7, 11) is 1.27. The van der Waals surface area contributed by atoms with Crippen molar-refractivity contribution in [1.82, 2.24) is 0 Å². The highest BCUT2D eigenvalue weighted by molar-refractivity contribution is 5.75. The van der Waals surface area contributed by atoms with Gasteiger partial charge in [0.2, 0.25) is 0 Å². The lowest BCUT2D eigenvalue weighted by atomic mass is 9.33.